The van der Waals surface area contributed by atoms with E-state index in [0.29, 0.717) is 34.9 Å². The summed E-state index contributed by atoms with van der Waals surface area (Å²) in [7, 11) is -2.47. The van der Waals surface area contributed by atoms with E-state index in [0.717, 1.165) is 36.5 Å². The summed E-state index contributed by atoms with van der Waals surface area (Å²) < 4.78 is 47.7. The molecular weight excluding hydrogens is 464 g/mol. The van der Waals surface area contributed by atoms with E-state index < -0.39 is 10.4 Å². The average Bonchev–Trinajstić information content (AvgIpc) is 3.28. The Bertz CT molecular complexity index is 877. The topological polar surface area (TPSA) is 82.1 Å². The lowest BCUT2D eigenvalue weighted by molar-refractivity contribution is -0.133. The third-order valence-electron chi connectivity index (χ3n) is 12.0. The van der Waals surface area contributed by atoms with Crippen LogP contribution in [0.25, 0.3) is 0 Å². The first-order chi connectivity index (χ1) is 16.5. The standard InChI is InChI=1S/C28H48O6S/c1-17(16-33-35(29,30)31)6-9-24-18(2)26-25(34-24)15-23-21-8-7-19-14-20(32-5)10-12-27(19,3)22(21)11-13-28(23,26)4/h17-26H,6-16H2,1-5H3,(H,29,30,31)/t17-,18+,19?,20-,21?,22?,23?,24?,25?,26?,27-,28-/m0/s1. The number of hydrogen-bond acceptors (Lipinski definition) is 5. The second-order valence-corrected chi connectivity index (χ2v) is 14.7. The Morgan fingerprint density at radius 2 is 1.80 bits per heavy atom. The third kappa shape index (κ3) is 4.64. The van der Waals surface area contributed by atoms with Crippen molar-refractivity contribution in [2.75, 3.05) is 13.7 Å². The van der Waals surface area contributed by atoms with E-state index in [9.17, 15) is 8.42 Å². The Hall–Kier alpha value is -0.210. The van der Waals surface area contributed by atoms with Crippen LogP contribution in [0.15, 0.2) is 0 Å². The first kappa shape index (κ1) is 26.4. The molecule has 5 rings (SSSR count). The van der Waals surface area contributed by atoms with Gasteiger partial charge in [0.25, 0.3) is 0 Å². The molecule has 1 N–H and O–H groups in total. The second-order valence-electron chi connectivity index (χ2n) is 13.6. The van der Waals surface area contributed by atoms with Crippen LogP contribution in [-0.2, 0) is 24.1 Å². The highest BCUT2D eigenvalue weighted by molar-refractivity contribution is 7.80. The Morgan fingerprint density at radius 1 is 1.06 bits per heavy atom. The molecule has 35 heavy (non-hydrogen) atoms. The molecule has 0 radical (unpaired) electrons. The second kappa shape index (κ2) is 9.52. The summed E-state index contributed by atoms with van der Waals surface area (Å²) in [5, 5.41) is 0. The van der Waals surface area contributed by atoms with Crippen LogP contribution in [0.3, 0.4) is 0 Å². The van der Waals surface area contributed by atoms with Crippen molar-refractivity contribution < 1.29 is 26.6 Å². The van der Waals surface area contributed by atoms with Crippen molar-refractivity contribution in [3.8, 4) is 0 Å². The zero-order valence-corrected chi connectivity index (χ0v) is 23.3. The minimum Gasteiger partial charge on any atom is -0.381 e. The molecule has 0 aromatic carbocycles. The van der Waals surface area contributed by atoms with E-state index >= 15 is 0 Å². The van der Waals surface area contributed by atoms with Crippen molar-refractivity contribution in [3.05, 3.63) is 0 Å². The lowest BCUT2D eigenvalue weighted by atomic mass is 9.44. The number of rotatable bonds is 7. The van der Waals surface area contributed by atoms with Crippen molar-refractivity contribution in [2.45, 2.75) is 110 Å². The smallest absolute Gasteiger partial charge is 0.381 e. The van der Waals surface area contributed by atoms with E-state index in [4.69, 9.17) is 14.0 Å². The molecule has 1 heterocycles. The van der Waals surface area contributed by atoms with Crippen molar-refractivity contribution in [1.82, 2.24) is 0 Å². The van der Waals surface area contributed by atoms with Gasteiger partial charge in [-0.2, -0.15) is 8.42 Å². The normalized spacial score (nSPS) is 50.2. The van der Waals surface area contributed by atoms with Crippen LogP contribution >= 0.6 is 0 Å². The maximum atomic E-state index is 10.9. The Morgan fingerprint density at radius 3 is 2.51 bits per heavy atom. The molecule has 202 valence electrons. The third-order valence-corrected chi connectivity index (χ3v) is 12.4. The lowest BCUT2D eigenvalue weighted by Gasteiger charge is -2.61. The fourth-order valence-electron chi connectivity index (χ4n) is 10.2. The van der Waals surface area contributed by atoms with Gasteiger partial charge in [-0.15, -0.1) is 0 Å². The summed E-state index contributed by atoms with van der Waals surface area (Å²) in [6.45, 7) is 9.63. The monoisotopic (exact) mass is 512 g/mol. The van der Waals surface area contributed by atoms with E-state index in [2.05, 4.69) is 25.0 Å². The van der Waals surface area contributed by atoms with Gasteiger partial charge in [0.2, 0.25) is 0 Å². The van der Waals surface area contributed by atoms with Crippen LogP contribution in [0.2, 0.25) is 0 Å². The van der Waals surface area contributed by atoms with Crippen LogP contribution < -0.4 is 0 Å². The predicted octanol–water partition coefficient (Wildman–Crippen LogP) is 5.91. The fourth-order valence-corrected chi connectivity index (χ4v) is 10.6. The van der Waals surface area contributed by atoms with E-state index in [1.54, 1.807) is 0 Å². The van der Waals surface area contributed by atoms with Gasteiger partial charge in [0, 0.05) is 7.11 Å². The molecule has 0 amide bonds. The molecule has 0 aromatic heterocycles. The maximum Gasteiger partial charge on any atom is 0.397 e. The van der Waals surface area contributed by atoms with Gasteiger partial charge in [0.15, 0.2) is 0 Å². The highest BCUT2D eigenvalue weighted by atomic mass is 32.3. The number of methoxy groups -OCH3 is 1. The summed E-state index contributed by atoms with van der Waals surface area (Å²) in [4.78, 5) is 0. The van der Waals surface area contributed by atoms with E-state index in [1.807, 2.05) is 14.0 Å². The summed E-state index contributed by atoms with van der Waals surface area (Å²) >= 11 is 0. The van der Waals surface area contributed by atoms with Gasteiger partial charge in [-0.1, -0.05) is 27.7 Å². The van der Waals surface area contributed by atoms with Crippen molar-refractivity contribution >= 4 is 10.4 Å². The Kier molecular flexibility index (Phi) is 7.18. The number of fused-ring (bicyclic) bond motifs is 7. The minimum absolute atomic E-state index is 0.0283. The fraction of sp³-hybridized carbons (Fsp3) is 1.00. The van der Waals surface area contributed by atoms with Gasteiger partial charge in [-0.05, 0) is 116 Å². The van der Waals surface area contributed by atoms with Gasteiger partial charge in [-0.25, -0.2) is 4.18 Å². The molecule has 0 bridgehead atoms. The Labute approximate surface area is 213 Å². The predicted molar refractivity (Wildman–Crippen MR) is 135 cm³/mol. The molecule has 4 saturated carbocycles. The zero-order chi connectivity index (χ0) is 25.2. The minimum atomic E-state index is -4.36. The van der Waals surface area contributed by atoms with Crippen LogP contribution in [-0.4, -0.2) is 45.0 Å². The van der Waals surface area contributed by atoms with Gasteiger partial charge < -0.3 is 9.47 Å². The van der Waals surface area contributed by atoms with Crippen LogP contribution in [0.5, 0.6) is 0 Å². The van der Waals surface area contributed by atoms with E-state index in [1.165, 1.54) is 51.4 Å². The lowest BCUT2D eigenvalue weighted by Crippen LogP contribution is -2.54. The van der Waals surface area contributed by atoms with Crippen LogP contribution in [0, 0.1) is 52.3 Å². The molecule has 6 nitrogen and oxygen atoms in total. The molecule has 1 aliphatic heterocycles. The highest BCUT2D eigenvalue weighted by Crippen LogP contribution is 2.70. The molecular formula is C28H48O6S. The SMILES string of the molecule is CO[C@H]1CC[C@@]2(C)C(CCC3C2CC[C@@]2(C)C3CC3OC(CC[C@H](C)COS(=O)(=O)O)[C@@H](C)C32)C1. The van der Waals surface area contributed by atoms with Crippen LogP contribution in [0.1, 0.15) is 91.9 Å². The first-order valence-electron chi connectivity index (χ1n) is 14.3. The summed E-state index contributed by atoms with van der Waals surface area (Å²) in [5.74, 6) is 4.58. The van der Waals surface area contributed by atoms with Crippen LogP contribution in [0.4, 0.5) is 0 Å². The first-order valence-corrected chi connectivity index (χ1v) is 15.6. The molecule has 0 aromatic rings. The molecule has 4 aliphatic carbocycles. The molecule has 0 spiro atoms. The summed E-state index contributed by atoms with van der Waals surface area (Å²) in [6, 6.07) is 0. The highest BCUT2D eigenvalue weighted by Gasteiger charge is 2.65. The van der Waals surface area contributed by atoms with Crippen molar-refractivity contribution in [1.29, 1.82) is 0 Å². The zero-order valence-electron chi connectivity index (χ0n) is 22.4. The van der Waals surface area contributed by atoms with Crippen molar-refractivity contribution in [3.63, 3.8) is 0 Å². The van der Waals surface area contributed by atoms with Crippen molar-refractivity contribution in [2.24, 2.45) is 52.3 Å². The Balaban J connectivity index is 1.23. The average molecular weight is 513 g/mol. The molecule has 5 aliphatic rings. The number of ether oxygens (including phenoxy) is 2. The van der Waals surface area contributed by atoms with E-state index in [-0.39, 0.29) is 18.6 Å². The van der Waals surface area contributed by atoms with Gasteiger partial charge in [0.05, 0.1) is 24.9 Å². The number of hydrogen-bond donors (Lipinski definition) is 1. The quantitative estimate of drug-likeness (QED) is 0.427. The van der Waals surface area contributed by atoms with Gasteiger partial charge in [-0.3, -0.25) is 4.55 Å². The molecule has 5 fully saturated rings. The molecule has 1 saturated heterocycles. The van der Waals surface area contributed by atoms with Gasteiger partial charge >= 0.3 is 10.4 Å². The summed E-state index contributed by atoms with van der Waals surface area (Å²) in [6.07, 6.45) is 13.4. The summed E-state index contributed by atoms with van der Waals surface area (Å²) in [5.41, 5.74) is 0.874. The largest absolute Gasteiger partial charge is 0.397 e. The molecule has 7 heteroatoms. The van der Waals surface area contributed by atoms with Gasteiger partial charge in [0.1, 0.15) is 0 Å². The maximum absolute atomic E-state index is 10.9. The molecule has 7 unspecified atom stereocenters. The molecule has 12 atom stereocenters.